The van der Waals surface area contributed by atoms with Crippen LogP contribution < -0.4 is 16.2 Å². The quantitative estimate of drug-likeness (QED) is 0.317. The third-order valence-electron chi connectivity index (χ3n) is 6.38. The smallest absolute Gasteiger partial charge is 0.294 e. The number of fused-ring (bicyclic) bond motifs is 1. The van der Waals surface area contributed by atoms with Crippen LogP contribution in [0.4, 0.5) is 0 Å². The average molecular weight is 501 g/mol. The minimum atomic E-state index is -4.02. The van der Waals surface area contributed by atoms with E-state index in [1.165, 1.54) is 22.4 Å². The van der Waals surface area contributed by atoms with Crippen molar-refractivity contribution in [2.45, 2.75) is 49.5 Å². The van der Waals surface area contributed by atoms with E-state index >= 15 is 0 Å². The molecule has 2 saturated heterocycles. The Balaban J connectivity index is 0.000000221. The molecule has 0 spiro atoms. The van der Waals surface area contributed by atoms with Gasteiger partial charge in [0.1, 0.15) is 6.04 Å². The van der Waals surface area contributed by atoms with E-state index < -0.39 is 22.1 Å². The fourth-order valence-corrected chi connectivity index (χ4v) is 4.90. The van der Waals surface area contributed by atoms with Crippen molar-refractivity contribution >= 4 is 32.8 Å². The highest BCUT2D eigenvalue weighted by Crippen LogP contribution is 2.27. The molecule has 1 aromatic heterocycles. The molecule has 1 unspecified atom stereocenters. The van der Waals surface area contributed by atoms with Crippen molar-refractivity contribution in [3.05, 3.63) is 63.9 Å². The lowest BCUT2D eigenvalue weighted by Crippen LogP contribution is -2.44. The summed E-state index contributed by atoms with van der Waals surface area (Å²) in [6, 6.07) is 11.2. The first kappa shape index (κ1) is 24.8. The van der Waals surface area contributed by atoms with Crippen molar-refractivity contribution in [3.63, 3.8) is 0 Å². The Bertz CT molecular complexity index is 1400. The first-order valence-corrected chi connectivity index (χ1v) is 12.9. The zero-order valence-corrected chi connectivity index (χ0v) is 20.1. The van der Waals surface area contributed by atoms with Crippen molar-refractivity contribution in [3.8, 4) is 0 Å². The monoisotopic (exact) mass is 500 g/mol. The number of aromatic amines is 1. The van der Waals surface area contributed by atoms with Gasteiger partial charge in [0.05, 0.1) is 15.8 Å². The van der Waals surface area contributed by atoms with Gasteiger partial charge in [0.25, 0.3) is 21.6 Å². The molecular weight excluding hydrogens is 472 g/mol. The summed E-state index contributed by atoms with van der Waals surface area (Å²) in [5.41, 5.74) is 2.72. The highest BCUT2D eigenvalue weighted by atomic mass is 32.2. The molecule has 4 N–H and O–H groups in total. The van der Waals surface area contributed by atoms with Crippen LogP contribution in [0.15, 0.2) is 52.2 Å². The van der Waals surface area contributed by atoms with Gasteiger partial charge in [-0.2, -0.15) is 8.42 Å². The van der Waals surface area contributed by atoms with E-state index in [-0.39, 0.29) is 22.8 Å². The summed E-state index contributed by atoms with van der Waals surface area (Å²) in [6.45, 7) is 3.86. The van der Waals surface area contributed by atoms with E-state index in [9.17, 15) is 22.8 Å². The molecule has 2 fully saturated rings. The summed E-state index contributed by atoms with van der Waals surface area (Å²) in [7, 11) is -4.02. The third-order valence-corrected chi connectivity index (χ3v) is 7.25. The molecule has 2 aliphatic rings. The number of carbonyl (C=O) groups is 2. The first-order valence-electron chi connectivity index (χ1n) is 11.5. The lowest BCUT2D eigenvalue weighted by molar-refractivity contribution is -0.136. The Kier molecular flexibility index (Phi) is 7.20. The van der Waals surface area contributed by atoms with Gasteiger partial charge in [-0.05, 0) is 75.0 Å². The fraction of sp³-hybridized carbons (Fsp3) is 0.375. The number of H-pyrrole nitrogens is 1. The summed E-state index contributed by atoms with van der Waals surface area (Å²) < 4.78 is 30.9. The van der Waals surface area contributed by atoms with Gasteiger partial charge in [-0.1, -0.05) is 23.8 Å². The second kappa shape index (κ2) is 10.1. The lowest BCUT2D eigenvalue weighted by Gasteiger charge is -2.22. The highest BCUT2D eigenvalue weighted by molar-refractivity contribution is 7.85. The Morgan fingerprint density at radius 3 is 2.29 bits per heavy atom. The maximum absolute atomic E-state index is 12.6. The Hall–Kier alpha value is -3.28. The summed E-state index contributed by atoms with van der Waals surface area (Å²) in [5, 5.41) is 9.31. The Labute approximate surface area is 202 Å². The number of hydrogen-bond donors (Lipinski definition) is 4. The van der Waals surface area contributed by atoms with Gasteiger partial charge in [-0.3, -0.25) is 29.4 Å². The molecule has 3 heterocycles. The largest absolute Gasteiger partial charge is 0.317 e. The van der Waals surface area contributed by atoms with Crippen LogP contribution in [0.2, 0.25) is 0 Å². The molecule has 186 valence electrons. The summed E-state index contributed by atoms with van der Waals surface area (Å²) in [6.07, 6.45) is 2.77. The topological polar surface area (TPSA) is 150 Å². The molecule has 0 radical (unpaired) electrons. The molecule has 3 aromatic rings. The Morgan fingerprint density at radius 2 is 1.66 bits per heavy atom. The van der Waals surface area contributed by atoms with Gasteiger partial charge in [-0.15, -0.1) is 0 Å². The van der Waals surface area contributed by atoms with Crippen molar-refractivity contribution in [2.24, 2.45) is 0 Å². The highest BCUT2D eigenvalue weighted by Gasteiger charge is 2.30. The maximum Gasteiger partial charge on any atom is 0.294 e. The van der Waals surface area contributed by atoms with Crippen LogP contribution in [0, 0.1) is 6.92 Å². The van der Waals surface area contributed by atoms with Crippen LogP contribution >= 0.6 is 0 Å². The van der Waals surface area contributed by atoms with Gasteiger partial charge < -0.3 is 5.32 Å². The first-order chi connectivity index (χ1) is 16.6. The summed E-state index contributed by atoms with van der Waals surface area (Å²) >= 11 is 0. The van der Waals surface area contributed by atoms with E-state index in [0.29, 0.717) is 17.7 Å². The van der Waals surface area contributed by atoms with Crippen molar-refractivity contribution in [1.82, 2.24) is 20.4 Å². The normalized spacial score (nSPS) is 19.2. The second-order valence-corrected chi connectivity index (χ2v) is 10.3. The molecule has 2 aliphatic heterocycles. The molecule has 35 heavy (non-hydrogen) atoms. The molecule has 1 atom stereocenters. The maximum atomic E-state index is 12.6. The molecular formula is C24H28N4O6S. The second-order valence-electron chi connectivity index (χ2n) is 8.87. The number of nitrogens with zero attached hydrogens (tertiary/aromatic N) is 1. The number of piperidine rings is 2. The van der Waals surface area contributed by atoms with Crippen LogP contribution in [0.5, 0.6) is 0 Å². The summed E-state index contributed by atoms with van der Waals surface area (Å²) in [4.78, 5) is 35.9. The number of benzene rings is 2. The average Bonchev–Trinajstić information content (AvgIpc) is 3.15. The third kappa shape index (κ3) is 5.69. The molecule has 0 saturated carbocycles. The standard InChI is InChI=1S/C17H20N4O3.C7H8O3S/c22-15-4-3-14(16(23)19-15)21-17(24)12-2-1-11(9-13(12)20-21)10-5-7-18-8-6-10;1-6-2-4-7(5-3-6)11(8,9)10/h1-2,9-10,14,18,20H,3-8H2,(H,19,22,23);2-5H,1H3,(H,8,9,10). The minimum absolute atomic E-state index is 0.0666. The molecule has 2 aromatic carbocycles. The number of rotatable bonds is 3. The number of imide groups is 1. The molecule has 5 rings (SSSR count). The van der Waals surface area contributed by atoms with Crippen molar-refractivity contribution < 1.29 is 22.6 Å². The van der Waals surface area contributed by atoms with E-state index in [1.807, 2.05) is 25.1 Å². The van der Waals surface area contributed by atoms with Crippen molar-refractivity contribution in [1.29, 1.82) is 0 Å². The number of aromatic nitrogens is 2. The lowest BCUT2D eigenvalue weighted by atomic mass is 9.90. The Morgan fingerprint density at radius 1 is 0.971 bits per heavy atom. The number of nitrogens with one attached hydrogen (secondary N) is 3. The van der Waals surface area contributed by atoms with Crippen molar-refractivity contribution in [2.75, 3.05) is 13.1 Å². The molecule has 11 heteroatoms. The summed E-state index contributed by atoms with van der Waals surface area (Å²) in [5.74, 6) is -0.204. The fourth-order valence-electron chi connectivity index (χ4n) is 4.42. The van der Waals surface area contributed by atoms with Crippen LogP contribution in [-0.4, -0.2) is 47.7 Å². The van der Waals surface area contributed by atoms with E-state index in [0.717, 1.165) is 37.0 Å². The molecule has 2 amide bonds. The van der Waals surface area contributed by atoms with Gasteiger partial charge >= 0.3 is 0 Å². The number of amides is 2. The van der Waals surface area contributed by atoms with Gasteiger partial charge in [0.15, 0.2) is 0 Å². The van der Waals surface area contributed by atoms with Gasteiger partial charge in [-0.25, -0.2) is 4.68 Å². The zero-order valence-electron chi connectivity index (χ0n) is 19.3. The van der Waals surface area contributed by atoms with Crippen LogP contribution in [0.25, 0.3) is 10.9 Å². The van der Waals surface area contributed by atoms with E-state index in [1.54, 1.807) is 12.1 Å². The number of hydrogen-bond acceptors (Lipinski definition) is 6. The van der Waals surface area contributed by atoms with Crippen LogP contribution in [0.1, 0.15) is 48.8 Å². The predicted molar refractivity (Wildman–Crippen MR) is 130 cm³/mol. The van der Waals surface area contributed by atoms with Crippen LogP contribution in [0.3, 0.4) is 0 Å². The van der Waals surface area contributed by atoms with E-state index in [4.69, 9.17) is 4.55 Å². The molecule has 10 nitrogen and oxygen atoms in total. The zero-order chi connectivity index (χ0) is 25.2. The van der Waals surface area contributed by atoms with E-state index in [2.05, 4.69) is 15.7 Å². The van der Waals surface area contributed by atoms with Gasteiger partial charge in [0.2, 0.25) is 5.91 Å². The molecule has 0 aliphatic carbocycles. The molecule has 0 bridgehead atoms. The van der Waals surface area contributed by atoms with Crippen LogP contribution in [-0.2, 0) is 19.7 Å². The SMILES string of the molecule is Cc1ccc(S(=O)(=O)O)cc1.O=C1CCC(n2[nH]c3cc(C4CCNCC4)ccc3c2=O)C(=O)N1. The number of carbonyl (C=O) groups excluding carboxylic acids is 2. The minimum Gasteiger partial charge on any atom is -0.317 e. The number of aryl methyl sites for hydroxylation is 1. The predicted octanol–water partition coefficient (Wildman–Crippen LogP) is 2.02. The van der Waals surface area contributed by atoms with Gasteiger partial charge in [0, 0.05) is 6.42 Å².